The lowest BCUT2D eigenvalue weighted by atomic mass is 10.1. The van der Waals surface area contributed by atoms with Gasteiger partial charge in [0.15, 0.2) is 6.10 Å². The zero-order valence-corrected chi connectivity index (χ0v) is 19.4. The monoisotopic (exact) mass is 450 g/mol. The summed E-state index contributed by atoms with van der Waals surface area (Å²) in [6.07, 6.45) is -0.996. The van der Waals surface area contributed by atoms with Crippen LogP contribution in [0.5, 0.6) is 5.75 Å². The van der Waals surface area contributed by atoms with Crippen molar-refractivity contribution in [3.8, 4) is 5.75 Å². The quantitative estimate of drug-likeness (QED) is 0.634. The predicted octanol–water partition coefficient (Wildman–Crippen LogP) is 4.52. The van der Waals surface area contributed by atoms with Gasteiger partial charge in [-0.25, -0.2) is 8.42 Å². The molecule has 4 rings (SSSR count). The Morgan fingerprint density at radius 2 is 1.56 bits per heavy atom. The highest BCUT2D eigenvalue weighted by molar-refractivity contribution is 7.92. The molecule has 1 N–H and O–H groups in total. The van der Waals surface area contributed by atoms with E-state index in [4.69, 9.17) is 4.74 Å². The Kier molecular flexibility index (Phi) is 5.69. The molecule has 1 aliphatic heterocycles. The van der Waals surface area contributed by atoms with Gasteiger partial charge < -0.3 is 10.1 Å². The Labute approximate surface area is 188 Å². The van der Waals surface area contributed by atoms with E-state index >= 15 is 0 Å². The second kappa shape index (κ2) is 8.31. The van der Waals surface area contributed by atoms with E-state index in [0.29, 0.717) is 17.1 Å². The van der Waals surface area contributed by atoms with E-state index in [9.17, 15) is 13.2 Å². The molecule has 0 spiro atoms. The van der Waals surface area contributed by atoms with Gasteiger partial charge in [0.1, 0.15) is 5.75 Å². The van der Waals surface area contributed by atoms with E-state index in [1.807, 2.05) is 52.0 Å². The number of amides is 1. The molecule has 0 radical (unpaired) electrons. The molecule has 1 heterocycles. The second-order valence-corrected chi connectivity index (χ2v) is 10.0. The zero-order chi connectivity index (χ0) is 23.0. The number of anilines is 2. The minimum atomic E-state index is -3.89. The Balaban J connectivity index is 1.71. The largest absolute Gasteiger partial charge is 0.476 e. The molecule has 0 unspecified atom stereocenters. The fraction of sp³-hybridized carbons (Fsp3) is 0.240. The van der Waals surface area contributed by atoms with Gasteiger partial charge in [-0.05, 0) is 68.7 Å². The summed E-state index contributed by atoms with van der Waals surface area (Å²) in [7, 11) is -3.89. The second-order valence-electron chi connectivity index (χ2n) is 8.18. The van der Waals surface area contributed by atoms with Gasteiger partial charge in [0.2, 0.25) is 0 Å². The first-order valence-corrected chi connectivity index (χ1v) is 11.8. The van der Waals surface area contributed by atoms with Crippen molar-refractivity contribution in [3.63, 3.8) is 0 Å². The van der Waals surface area contributed by atoms with E-state index in [1.165, 1.54) is 4.31 Å². The lowest BCUT2D eigenvalue weighted by Crippen LogP contribution is -2.49. The third-order valence-corrected chi connectivity index (χ3v) is 7.41. The van der Waals surface area contributed by atoms with Crippen LogP contribution in [-0.2, 0) is 14.8 Å². The van der Waals surface area contributed by atoms with Crippen molar-refractivity contribution in [2.75, 3.05) is 16.2 Å². The van der Waals surface area contributed by atoms with Crippen molar-refractivity contribution in [1.29, 1.82) is 0 Å². The summed E-state index contributed by atoms with van der Waals surface area (Å²) in [4.78, 5) is 13.3. The first-order chi connectivity index (χ1) is 15.2. The molecule has 1 aliphatic rings. The highest BCUT2D eigenvalue weighted by Crippen LogP contribution is 2.38. The summed E-state index contributed by atoms with van der Waals surface area (Å²) in [6.45, 7) is 7.49. The Morgan fingerprint density at radius 3 is 2.22 bits per heavy atom. The number of carbonyl (C=O) groups is 1. The number of nitrogens with zero attached hydrogens (tertiary/aromatic N) is 1. The average molecular weight is 451 g/mol. The van der Waals surface area contributed by atoms with Crippen LogP contribution in [0.2, 0.25) is 0 Å². The van der Waals surface area contributed by atoms with Gasteiger partial charge in [0.05, 0.1) is 17.1 Å². The van der Waals surface area contributed by atoms with Crippen LogP contribution in [-0.4, -0.2) is 27.0 Å². The number of hydrogen-bond acceptors (Lipinski definition) is 4. The van der Waals surface area contributed by atoms with Crippen molar-refractivity contribution in [1.82, 2.24) is 0 Å². The summed E-state index contributed by atoms with van der Waals surface area (Å²) in [5.74, 6) is -0.0306. The molecular formula is C25H26N2O4S. The van der Waals surface area contributed by atoms with Crippen LogP contribution in [0.3, 0.4) is 0 Å². The molecular weight excluding hydrogens is 424 g/mol. The van der Waals surface area contributed by atoms with Gasteiger partial charge in [0, 0.05) is 5.69 Å². The zero-order valence-electron chi connectivity index (χ0n) is 18.5. The highest BCUT2D eigenvalue weighted by Gasteiger charge is 2.37. The maximum Gasteiger partial charge on any atom is 0.267 e. The molecule has 32 heavy (non-hydrogen) atoms. The lowest BCUT2D eigenvalue weighted by Gasteiger charge is -2.35. The number of carbonyl (C=O) groups excluding carboxylic acids is 1. The van der Waals surface area contributed by atoms with Crippen LogP contribution in [0.25, 0.3) is 0 Å². The number of nitrogens with one attached hydrogen (secondary N) is 1. The molecule has 1 atom stereocenters. The number of fused-ring (bicyclic) bond motifs is 1. The minimum Gasteiger partial charge on any atom is -0.476 e. The van der Waals surface area contributed by atoms with Gasteiger partial charge in [-0.1, -0.05) is 42.0 Å². The number of benzene rings is 3. The maximum atomic E-state index is 13.5. The summed E-state index contributed by atoms with van der Waals surface area (Å²) in [5.41, 5.74) is 4.86. The van der Waals surface area contributed by atoms with Crippen molar-refractivity contribution in [2.24, 2.45) is 0 Å². The number of rotatable bonds is 4. The number of sulfonamides is 1. The normalized spacial score (nSPS) is 15.6. The smallest absolute Gasteiger partial charge is 0.267 e. The van der Waals surface area contributed by atoms with E-state index < -0.39 is 22.0 Å². The Morgan fingerprint density at radius 1 is 0.938 bits per heavy atom. The first-order valence-electron chi connectivity index (χ1n) is 10.4. The van der Waals surface area contributed by atoms with Crippen molar-refractivity contribution in [3.05, 3.63) is 82.9 Å². The van der Waals surface area contributed by atoms with E-state index in [2.05, 4.69) is 5.32 Å². The Bertz CT molecular complexity index is 1260. The maximum absolute atomic E-state index is 13.5. The summed E-state index contributed by atoms with van der Waals surface area (Å²) in [5, 5.41) is 2.92. The van der Waals surface area contributed by atoms with Crippen LogP contribution in [0.1, 0.15) is 22.3 Å². The summed E-state index contributed by atoms with van der Waals surface area (Å²) >= 11 is 0. The molecule has 3 aromatic rings. The van der Waals surface area contributed by atoms with Crippen LogP contribution in [0.4, 0.5) is 11.4 Å². The molecule has 0 saturated heterocycles. The molecule has 1 amide bonds. The van der Waals surface area contributed by atoms with Gasteiger partial charge in [-0.15, -0.1) is 0 Å². The van der Waals surface area contributed by atoms with Crippen LogP contribution >= 0.6 is 0 Å². The van der Waals surface area contributed by atoms with Gasteiger partial charge >= 0.3 is 0 Å². The molecule has 0 aliphatic carbocycles. The molecule has 7 heteroatoms. The van der Waals surface area contributed by atoms with E-state index in [1.54, 1.807) is 36.4 Å². The molecule has 3 aromatic carbocycles. The Hall–Kier alpha value is -3.32. The fourth-order valence-corrected chi connectivity index (χ4v) is 5.25. The first kappa shape index (κ1) is 21.9. The topological polar surface area (TPSA) is 75.7 Å². The number of ether oxygens (including phenoxy) is 1. The standard InChI is InChI=1S/C25H26N2O4S/c1-16-8-11-20(12-9-16)32(29,30)27-15-23(31-22-13-10-17(2)14-21(22)27)25(28)26-24-18(3)6-5-7-19(24)4/h5-14,23H,15H2,1-4H3,(H,26,28)/t23-/m0/s1. The highest BCUT2D eigenvalue weighted by atomic mass is 32.2. The third kappa shape index (κ3) is 4.08. The van der Waals surface area contributed by atoms with Crippen LogP contribution < -0.4 is 14.4 Å². The molecule has 6 nitrogen and oxygen atoms in total. The van der Waals surface area contributed by atoms with Crippen molar-refractivity contribution in [2.45, 2.75) is 38.7 Å². The lowest BCUT2D eigenvalue weighted by molar-refractivity contribution is -0.122. The molecule has 0 aromatic heterocycles. The predicted molar refractivity (Wildman–Crippen MR) is 126 cm³/mol. The van der Waals surface area contributed by atoms with Crippen molar-refractivity contribution < 1.29 is 17.9 Å². The molecule has 0 saturated carbocycles. The van der Waals surface area contributed by atoms with Crippen molar-refractivity contribution >= 4 is 27.3 Å². The number of para-hydroxylation sites is 1. The van der Waals surface area contributed by atoms with E-state index in [-0.39, 0.29) is 11.4 Å². The SMILES string of the molecule is Cc1ccc(S(=O)(=O)N2C[C@@H](C(=O)Nc3c(C)cccc3C)Oc3ccc(C)cc32)cc1. The molecule has 0 bridgehead atoms. The summed E-state index contributed by atoms with van der Waals surface area (Å²) in [6, 6.07) is 17.7. The average Bonchev–Trinajstić information content (AvgIpc) is 2.75. The third-order valence-electron chi connectivity index (χ3n) is 5.61. The minimum absolute atomic E-state index is 0.122. The fourth-order valence-electron chi connectivity index (χ4n) is 3.78. The van der Waals surface area contributed by atoms with E-state index in [0.717, 1.165) is 22.3 Å². The van der Waals surface area contributed by atoms with Gasteiger partial charge in [-0.3, -0.25) is 9.10 Å². The molecule has 0 fully saturated rings. The number of aryl methyl sites for hydroxylation is 4. The van der Waals surface area contributed by atoms with Gasteiger partial charge in [-0.2, -0.15) is 0 Å². The van der Waals surface area contributed by atoms with Gasteiger partial charge in [0.25, 0.3) is 15.9 Å². The molecule has 166 valence electrons. The summed E-state index contributed by atoms with van der Waals surface area (Å²) < 4.78 is 34.3. The van der Waals surface area contributed by atoms with Crippen LogP contribution in [0, 0.1) is 27.7 Å². The number of hydrogen-bond donors (Lipinski definition) is 1. The van der Waals surface area contributed by atoms with Crippen LogP contribution in [0.15, 0.2) is 65.6 Å².